The third kappa shape index (κ3) is 2.27. The molecule has 2 aromatic heterocycles. The maximum Gasteiger partial charge on any atom is 0.343 e. The topological polar surface area (TPSA) is 94.5 Å². The molecular weight excluding hydrogens is 228 g/mol. The molecule has 0 spiro atoms. The van der Waals surface area contributed by atoms with E-state index in [1.54, 1.807) is 24.1 Å². The van der Waals surface area contributed by atoms with Crippen LogP contribution in [-0.4, -0.2) is 30.3 Å². The third-order valence-electron chi connectivity index (χ3n) is 2.04. The van der Waals surface area contributed by atoms with E-state index in [-0.39, 0.29) is 5.69 Å². The van der Waals surface area contributed by atoms with Crippen LogP contribution in [0.25, 0.3) is 0 Å². The Labute approximate surface area is 95.6 Å². The molecule has 7 nitrogen and oxygen atoms in total. The highest BCUT2D eigenvalue weighted by Crippen LogP contribution is 2.12. The van der Waals surface area contributed by atoms with Crippen LogP contribution in [0, 0.1) is 0 Å². The molecule has 0 aliphatic heterocycles. The zero-order chi connectivity index (χ0) is 11.5. The van der Waals surface area contributed by atoms with Gasteiger partial charge in [0.05, 0.1) is 18.4 Å². The van der Waals surface area contributed by atoms with Gasteiger partial charge in [-0.05, 0) is 0 Å². The molecule has 0 saturated heterocycles. The number of hydrogen-bond donors (Lipinski definition) is 2. The number of aryl methyl sites for hydroxylation is 1. The van der Waals surface area contributed by atoms with Gasteiger partial charge >= 0.3 is 5.69 Å². The van der Waals surface area contributed by atoms with Crippen LogP contribution in [0.15, 0.2) is 22.3 Å². The average Bonchev–Trinajstić information content (AvgIpc) is 2.79. The minimum atomic E-state index is -0.203. The van der Waals surface area contributed by atoms with Crippen molar-refractivity contribution in [1.82, 2.24) is 24.5 Å². The highest BCUT2D eigenvalue weighted by molar-refractivity contribution is 7.99. The minimum absolute atomic E-state index is 0.203. The zero-order valence-electron chi connectivity index (χ0n) is 8.75. The lowest BCUT2D eigenvalue weighted by Crippen LogP contribution is -2.13. The second-order valence-corrected chi connectivity index (χ2v) is 4.32. The van der Waals surface area contributed by atoms with Crippen LogP contribution in [0.3, 0.4) is 0 Å². The molecule has 8 heteroatoms. The summed E-state index contributed by atoms with van der Waals surface area (Å²) in [4.78, 5) is 11.1. The molecule has 0 saturated carbocycles. The van der Waals surface area contributed by atoms with Crippen molar-refractivity contribution in [2.24, 2.45) is 7.05 Å². The Hall–Kier alpha value is -1.70. The van der Waals surface area contributed by atoms with Crippen molar-refractivity contribution in [3.05, 3.63) is 22.9 Å². The van der Waals surface area contributed by atoms with Gasteiger partial charge in [-0.1, -0.05) is 11.8 Å². The highest BCUT2D eigenvalue weighted by Gasteiger charge is 2.04. The number of hydrogen-bond acceptors (Lipinski definition) is 5. The van der Waals surface area contributed by atoms with Crippen LogP contribution in [0.4, 0.5) is 5.69 Å². The Morgan fingerprint density at radius 1 is 1.62 bits per heavy atom. The van der Waals surface area contributed by atoms with Crippen LogP contribution >= 0.6 is 11.8 Å². The first-order valence-corrected chi connectivity index (χ1v) is 5.67. The molecule has 0 amide bonds. The van der Waals surface area contributed by atoms with E-state index in [9.17, 15) is 4.79 Å². The number of nitrogens with zero attached hydrogens (tertiary/aromatic N) is 4. The number of H-pyrrole nitrogens is 1. The van der Waals surface area contributed by atoms with Gasteiger partial charge in [-0.15, -0.1) is 5.10 Å². The number of aromatic nitrogens is 5. The van der Waals surface area contributed by atoms with Crippen molar-refractivity contribution >= 4 is 17.4 Å². The van der Waals surface area contributed by atoms with E-state index in [0.717, 1.165) is 12.3 Å². The summed E-state index contributed by atoms with van der Waals surface area (Å²) in [5.41, 5.74) is 5.98. The number of nitrogen functional groups attached to an aromatic ring is 1. The third-order valence-corrected chi connectivity index (χ3v) is 3.05. The largest absolute Gasteiger partial charge is 0.396 e. The van der Waals surface area contributed by atoms with Gasteiger partial charge in [-0.3, -0.25) is 9.25 Å². The summed E-state index contributed by atoms with van der Waals surface area (Å²) in [7, 11) is 1.68. The molecule has 0 aromatic carbocycles. The van der Waals surface area contributed by atoms with Crippen LogP contribution < -0.4 is 11.4 Å². The summed E-state index contributed by atoms with van der Waals surface area (Å²) in [6.07, 6.45) is 3.37. The van der Waals surface area contributed by atoms with Gasteiger partial charge in [0.15, 0.2) is 5.16 Å². The van der Waals surface area contributed by atoms with Crippen molar-refractivity contribution in [1.29, 1.82) is 0 Å². The number of rotatable bonds is 4. The van der Waals surface area contributed by atoms with E-state index >= 15 is 0 Å². The molecule has 0 fully saturated rings. The van der Waals surface area contributed by atoms with Gasteiger partial charge < -0.3 is 5.73 Å². The first kappa shape index (κ1) is 10.8. The molecule has 3 N–H and O–H groups in total. The lowest BCUT2D eigenvalue weighted by molar-refractivity contribution is 0.664. The van der Waals surface area contributed by atoms with Gasteiger partial charge in [-0.2, -0.15) is 5.10 Å². The summed E-state index contributed by atoms with van der Waals surface area (Å²) in [5, 5.41) is 11.0. The summed E-state index contributed by atoms with van der Waals surface area (Å²) >= 11 is 1.49. The molecule has 0 atom stereocenters. The van der Waals surface area contributed by atoms with Crippen molar-refractivity contribution < 1.29 is 0 Å². The van der Waals surface area contributed by atoms with E-state index in [4.69, 9.17) is 5.73 Å². The Morgan fingerprint density at radius 3 is 3.00 bits per heavy atom. The van der Waals surface area contributed by atoms with Crippen LogP contribution in [0.2, 0.25) is 0 Å². The Morgan fingerprint density at radius 2 is 2.44 bits per heavy atom. The molecule has 0 bridgehead atoms. The zero-order valence-corrected chi connectivity index (χ0v) is 9.57. The van der Waals surface area contributed by atoms with Crippen molar-refractivity contribution in [2.45, 2.75) is 11.7 Å². The van der Waals surface area contributed by atoms with E-state index in [0.29, 0.717) is 10.8 Å². The maximum absolute atomic E-state index is 11.1. The number of anilines is 1. The predicted molar refractivity (Wildman–Crippen MR) is 61.2 cm³/mol. The molecule has 2 aromatic rings. The second-order valence-electron chi connectivity index (χ2n) is 3.26. The molecular formula is C8H12N6OS. The van der Waals surface area contributed by atoms with Gasteiger partial charge in [-0.25, -0.2) is 9.89 Å². The van der Waals surface area contributed by atoms with E-state index in [1.165, 1.54) is 16.3 Å². The summed E-state index contributed by atoms with van der Waals surface area (Å²) in [5.74, 6) is 0.777. The van der Waals surface area contributed by atoms with Crippen molar-refractivity contribution in [3.63, 3.8) is 0 Å². The quantitative estimate of drug-likeness (QED) is 0.714. The smallest absolute Gasteiger partial charge is 0.343 e. The van der Waals surface area contributed by atoms with Crippen LogP contribution in [0.1, 0.15) is 0 Å². The minimum Gasteiger partial charge on any atom is -0.396 e. The fourth-order valence-electron chi connectivity index (χ4n) is 1.19. The van der Waals surface area contributed by atoms with E-state index in [1.807, 2.05) is 0 Å². The highest BCUT2D eigenvalue weighted by atomic mass is 32.2. The summed E-state index contributed by atoms with van der Waals surface area (Å²) < 4.78 is 3.23. The van der Waals surface area contributed by atoms with Crippen LogP contribution in [0.5, 0.6) is 0 Å². The number of nitrogens with one attached hydrogen (secondary N) is 1. The van der Waals surface area contributed by atoms with E-state index < -0.39 is 0 Å². The molecule has 0 aliphatic carbocycles. The molecule has 2 heterocycles. The maximum atomic E-state index is 11.1. The Bertz CT molecular complexity index is 527. The standard InChI is InChI=1S/C8H12N6OS/c1-13-7(15)11-12-8(13)16-3-2-14-5-6(9)4-10-14/h4-5H,2-3,9H2,1H3,(H,11,15). The Balaban J connectivity index is 1.89. The molecule has 86 valence electrons. The number of nitrogens with two attached hydrogens (primary N) is 1. The molecule has 0 radical (unpaired) electrons. The van der Waals surface area contributed by atoms with Gasteiger partial charge in [0.2, 0.25) is 0 Å². The van der Waals surface area contributed by atoms with Gasteiger partial charge in [0.1, 0.15) is 0 Å². The Kier molecular flexibility index (Phi) is 3.00. The molecule has 0 unspecified atom stereocenters. The summed E-state index contributed by atoms with van der Waals surface area (Å²) in [6, 6.07) is 0. The van der Waals surface area contributed by atoms with E-state index in [2.05, 4.69) is 15.3 Å². The van der Waals surface area contributed by atoms with Gasteiger partial charge in [0.25, 0.3) is 0 Å². The predicted octanol–water partition coefficient (Wildman–Crippen LogP) is -0.321. The fourth-order valence-corrected chi connectivity index (χ4v) is 2.04. The second kappa shape index (κ2) is 4.44. The molecule has 16 heavy (non-hydrogen) atoms. The normalized spacial score (nSPS) is 10.8. The van der Waals surface area contributed by atoms with Crippen molar-refractivity contribution in [3.8, 4) is 0 Å². The lowest BCUT2D eigenvalue weighted by Gasteiger charge is -2.00. The molecule has 0 aliphatic rings. The summed E-state index contributed by atoms with van der Waals surface area (Å²) in [6.45, 7) is 0.725. The number of aromatic amines is 1. The SMILES string of the molecule is Cn1c(SCCn2cc(N)cn2)n[nH]c1=O. The number of thioether (sulfide) groups is 1. The van der Waals surface area contributed by atoms with Crippen molar-refractivity contribution in [2.75, 3.05) is 11.5 Å². The van der Waals surface area contributed by atoms with Gasteiger partial charge in [0, 0.05) is 19.0 Å². The lowest BCUT2D eigenvalue weighted by atomic mass is 10.6. The van der Waals surface area contributed by atoms with Crippen LogP contribution in [-0.2, 0) is 13.6 Å². The first-order valence-electron chi connectivity index (χ1n) is 4.69. The first-order chi connectivity index (χ1) is 7.66. The average molecular weight is 240 g/mol. The monoisotopic (exact) mass is 240 g/mol. The molecule has 2 rings (SSSR count). The fraction of sp³-hybridized carbons (Fsp3) is 0.375.